The van der Waals surface area contributed by atoms with Crippen molar-refractivity contribution in [2.75, 3.05) is 63.2 Å². The van der Waals surface area contributed by atoms with E-state index in [2.05, 4.69) is 35.9 Å². The van der Waals surface area contributed by atoms with Crippen LogP contribution in [0, 0.1) is 0 Å². The van der Waals surface area contributed by atoms with Crippen molar-refractivity contribution in [2.45, 2.75) is 33.1 Å². The Kier molecular flexibility index (Phi) is 8.10. The first-order valence-corrected chi connectivity index (χ1v) is 9.98. The zero-order valence-electron chi connectivity index (χ0n) is 17.3. The number of likely N-dealkylation sites (N-methyl/N-ethyl adjacent to an activating group) is 1. The molecule has 1 aromatic rings. The van der Waals surface area contributed by atoms with Gasteiger partial charge >= 0.3 is 0 Å². The first-order chi connectivity index (χ1) is 12.9. The van der Waals surface area contributed by atoms with Gasteiger partial charge in [-0.3, -0.25) is 9.59 Å². The Bertz CT molecular complexity index is 609. The third-order valence-electron chi connectivity index (χ3n) is 5.23. The minimum absolute atomic E-state index is 0.0358. The second-order valence-corrected chi connectivity index (χ2v) is 7.40. The quantitative estimate of drug-likeness (QED) is 0.701. The van der Waals surface area contributed by atoms with Crippen molar-refractivity contribution in [1.29, 1.82) is 0 Å². The molecule has 150 valence electrons. The van der Waals surface area contributed by atoms with E-state index in [0.29, 0.717) is 13.0 Å². The summed E-state index contributed by atoms with van der Waals surface area (Å²) in [5, 5.41) is 0. The molecule has 0 unspecified atom stereocenters. The molecule has 0 atom stereocenters. The van der Waals surface area contributed by atoms with E-state index in [-0.39, 0.29) is 11.8 Å². The Morgan fingerprint density at radius 1 is 1.04 bits per heavy atom. The molecule has 1 fully saturated rings. The summed E-state index contributed by atoms with van der Waals surface area (Å²) in [6.07, 6.45) is 2.42. The molecule has 27 heavy (non-hydrogen) atoms. The van der Waals surface area contributed by atoms with Gasteiger partial charge in [0.15, 0.2) is 0 Å². The molecule has 1 aliphatic heterocycles. The standard InChI is InChI=1S/C21H34N4O2/c1-5-6-12-23(4)21(27)11-13-25(18(2)26)20-9-7-19(8-10-20)24-16-14-22(3)15-17-24/h7-10H,5-6,11-17H2,1-4H3. The summed E-state index contributed by atoms with van der Waals surface area (Å²) in [5.41, 5.74) is 2.04. The fraction of sp³-hybridized carbons (Fsp3) is 0.619. The summed E-state index contributed by atoms with van der Waals surface area (Å²) in [7, 11) is 3.98. The van der Waals surface area contributed by atoms with Crippen molar-refractivity contribution in [3.63, 3.8) is 0 Å². The third kappa shape index (κ3) is 6.24. The van der Waals surface area contributed by atoms with Gasteiger partial charge in [0.05, 0.1) is 0 Å². The van der Waals surface area contributed by atoms with E-state index in [9.17, 15) is 9.59 Å². The van der Waals surface area contributed by atoms with Crippen LogP contribution in [-0.2, 0) is 9.59 Å². The lowest BCUT2D eigenvalue weighted by Crippen LogP contribution is -2.44. The first-order valence-electron chi connectivity index (χ1n) is 9.98. The van der Waals surface area contributed by atoms with E-state index in [1.165, 1.54) is 5.69 Å². The zero-order valence-corrected chi connectivity index (χ0v) is 17.3. The molecule has 1 aromatic carbocycles. The largest absolute Gasteiger partial charge is 0.369 e. The molecular formula is C21H34N4O2. The molecule has 2 rings (SSSR count). The molecule has 0 aromatic heterocycles. The Morgan fingerprint density at radius 3 is 2.22 bits per heavy atom. The van der Waals surface area contributed by atoms with Gasteiger partial charge in [0.2, 0.25) is 11.8 Å². The van der Waals surface area contributed by atoms with Crippen molar-refractivity contribution in [2.24, 2.45) is 0 Å². The monoisotopic (exact) mass is 374 g/mol. The van der Waals surface area contributed by atoms with Crippen LogP contribution in [0.4, 0.5) is 11.4 Å². The molecule has 1 aliphatic rings. The zero-order chi connectivity index (χ0) is 19.8. The highest BCUT2D eigenvalue weighted by molar-refractivity contribution is 5.92. The van der Waals surface area contributed by atoms with Crippen molar-refractivity contribution in [3.8, 4) is 0 Å². The van der Waals surface area contributed by atoms with E-state index in [4.69, 9.17) is 0 Å². The van der Waals surface area contributed by atoms with Gasteiger partial charge in [-0.15, -0.1) is 0 Å². The van der Waals surface area contributed by atoms with Crippen LogP contribution in [-0.4, -0.2) is 75.0 Å². The van der Waals surface area contributed by atoms with E-state index < -0.39 is 0 Å². The van der Waals surface area contributed by atoms with Gasteiger partial charge in [0.25, 0.3) is 0 Å². The number of carbonyl (C=O) groups excluding carboxylic acids is 2. The van der Waals surface area contributed by atoms with E-state index in [1.807, 2.05) is 19.2 Å². The number of hydrogen-bond acceptors (Lipinski definition) is 4. The first kappa shape index (κ1) is 21.2. The number of hydrogen-bond donors (Lipinski definition) is 0. The number of benzene rings is 1. The minimum atomic E-state index is -0.0358. The van der Waals surface area contributed by atoms with Crippen molar-refractivity contribution >= 4 is 23.2 Å². The van der Waals surface area contributed by atoms with Crippen molar-refractivity contribution in [3.05, 3.63) is 24.3 Å². The van der Waals surface area contributed by atoms with Gasteiger partial charge in [-0.1, -0.05) is 13.3 Å². The van der Waals surface area contributed by atoms with Crippen LogP contribution in [0.2, 0.25) is 0 Å². The predicted molar refractivity (Wildman–Crippen MR) is 111 cm³/mol. The number of carbonyl (C=O) groups is 2. The Morgan fingerprint density at radius 2 is 1.67 bits per heavy atom. The molecule has 6 nitrogen and oxygen atoms in total. The van der Waals surface area contributed by atoms with Crippen LogP contribution in [0.5, 0.6) is 0 Å². The second kappa shape index (κ2) is 10.3. The number of amides is 2. The number of anilines is 2. The highest BCUT2D eigenvalue weighted by Crippen LogP contribution is 2.22. The van der Waals surface area contributed by atoms with Crippen LogP contribution in [0.1, 0.15) is 33.1 Å². The maximum absolute atomic E-state index is 12.3. The van der Waals surface area contributed by atoms with Crippen LogP contribution in [0.25, 0.3) is 0 Å². The topological polar surface area (TPSA) is 47.1 Å². The van der Waals surface area contributed by atoms with Gasteiger partial charge in [-0.2, -0.15) is 0 Å². The molecule has 0 saturated carbocycles. The normalized spacial score (nSPS) is 14.9. The molecule has 1 heterocycles. The average molecular weight is 375 g/mol. The van der Waals surface area contributed by atoms with Crippen molar-refractivity contribution < 1.29 is 9.59 Å². The van der Waals surface area contributed by atoms with Gasteiger partial charge in [-0.05, 0) is 37.7 Å². The summed E-state index contributed by atoms with van der Waals surface area (Å²) >= 11 is 0. The van der Waals surface area contributed by atoms with Crippen molar-refractivity contribution in [1.82, 2.24) is 9.80 Å². The van der Waals surface area contributed by atoms with Crippen LogP contribution in [0.15, 0.2) is 24.3 Å². The molecule has 2 amide bonds. The molecule has 0 aliphatic carbocycles. The molecule has 0 spiro atoms. The SMILES string of the molecule is CCCCN(C)C(=O)CCN(C(C)=O)c1ccc(N2CCN(C)CC2)cc1. The second-order valence-electron chi connectivity index (χ2n) is 7.40. The van der Waals surface area contributed by atoms with Crippen LogP contribution < -0.4 is 9.80 Å². The number of nitrogens with zero attached hydrogens (tertiary/aromatic N) is 4. The molecular weight excluding hydrogens is 340 g/mol. The summed E-state index contributed by atoms with van der Waals surface area (Å²) in [4.78, 5) is 32.5. The summed E-state index contributed by atoms with van der Waals surface area (Å²) in [6.45, 7) is 9.02. The highest BCUT2D eigenvalue weighted by atomic mass is 16.2. The average Bonchev–Trinajstić information content (AvgIpc) is 2.67. The van der Waals surface area contributed by atoms with Gasteiger partial charge < -0.3 is 19.6 Å². The molecule has 6 heteroatoms. The highest BCUT2D eigenvalue weighted by Gasteiger charge is 2.17. The van der Waals surface area contributed by atoms with E-state index >= 15 is 0 Å². The predicted octanol–water partition coefficient (Wildman–Crippen LogP) is 2.44. The number of piperazine rings is 1. The third-order valence-corrected chi connectivity index (χ3v) is 5.23. The lowest BCUT2D eigenvalue weighted by molar-refractivity contribution is -0.129. The molecule has 0 bridgehead atoms. The molecule has 0 N–H and O–H groups in total. The van der Waals surface area contributed by atoms with Crippen LogP contribution in [0.3, 0.4) is 0 Å². The lowest BCUT2D eigenvalue weighted by Gasteiger charge is -2.34. The smallest absolute Gasteiger partial charge is 0.224 e. The van der Waals surface area contributed by atoms with Gasteiger partial charge in [0.1, 0.15) is 0 Å². The van der Waals surface area contributed by atoms with E-state index in [1.54, 1.807) is 16.7 Å². The van der Waals surface area contributed by atoms with Gasteiger partial charge in [0, 0.05) is 71.0 Å². The summed E-state index contributed by atoms with van der Waals surface area (Å²) in [5.74, 6) is 0.0510. The summed E-state index contributed by atoms with van der Waals surface area (Å²) < 4.78 is 0. The Labute approximate surface area is 163 Å². The summed E-state index contributed by atoms with van der Waals surface area (Å²) in [6, 6.07) is 8.12. The molecule has 0 radical (unpaired) electrons. The van der Waals surface area contributed by atoms with Gasteiger partial charge in [-0.25, -0.2) is 0 Å². The lowest BCUT2D eigenvalue weighted by atomic mass is 10.2. The fourth-order valence-corrected chi connectivity index (χ4v) is 3.29. The Balaban J connectivity index is 1.95. The minimum Gasteiger partial charge on any atom is -0.369 e. The number of unbranched alkanes of at least 4 members (excludes halogenated alkanes) is 1. The van der Waals surface area contributed by atoms with E-state index in [0.717, 1.165) is 51.3 Å². The maximum atomic E-state index is 12.3. The van der Waals surface area contributed by atoms with Crippen LogP contribution >= 0.6 is 0 Å². The maximum Gasteiger partial charge on any atom is 0.224 e. The molecule has 1 saturated heterocycles. The number of rotatable bonds is 8. The Hall–Kier alpha value is -2.08. The fourth-order valence-electron chi connectivity index (χ4n) is 3.29.